The SMILES string of the molecule is CC.[3H]C(C1C(C(=O)N2CCN(Cc3cncn3Cc3ccccc3)CC2)C1(C)C)C([3H])(C)C. The summed E-state index contributed by atoms with van der Waals surface area (Å²) in [7, 11) is 0. The van der Waals surface area contributed by atoms with Gasteiger partial charge < -0.3 is 9.47 Å². The van der Waals surface area contributed by atoms with Crippen LogP contribution >= 0.6 is 0 Å². The average Bonchev–Trinajstić information content (AvgIpc) is 3.13. The lowest BCUT2D eigenvalue weighted by molar-refractivity contribution is -0.135. The quantitative estimate of drug-likeness (QED) is 0.611. The molecule has 1 aliphatic carbocycles. The summed E-state index contributed by atoms with van der Waals surface area (Å²) in [5.41, 5.74) is 2.25. The molecule has 2 fully saturated rings. The Bertz CT molecular complexity index is 930. The third-order valence-electron chi connectivity index (χ3n) is 6.75. The van der Waals surface area contributed by atoms with Crippen LogP contribution in [0.25, 0.3) is 0 Å². The van der Waals surface area contributed by atoms with Crippen LogP contribution in [0.15, 0.2) is 42.9 Å². The van der Waals surface area contributed by atoms with E-state index in [0.717, 1.165) is 39.3 Å². The van der Waals surface area contributed by atoms with Crippen molar-refractivity contribution in [2.24, 2.45) is 23.1 Å². The van der Waals surface area contributed by atoms with Crippen molar-refractivity contribution in [2.45, 2.75) is 61.0 Å². The van der Waals surface area contributed by atoms with Gasteiger partial charge in [0.15, 0.2) is 0 Å². The van der Waals surface area contributed by atoms with Crippen LogP contribution in [0.4, 0.5) is 0 Å². The molecule has 1 aliphatic heterocycles. The van der Waals surface area contributed by atoms with Crippen molar-refractivity contribution in [3.63, 3.8) is 0 Å². The van der Waals surface area contributed by atoms with Crippen molar-refractivity contribution < 1.29 is 7.54 Å². The standard InChI is InChI=1S/C25H36N4O.C2H6/c1-19(2)14-22-23(25(22,3)4)24(30)28-12-10-27(11-13-28)17-21-15-26-18-29(21)16-20-8-6-5-7-9-20;1-2/h5-9,15,18-19,22-23H,10-14,16-17H2,1-4H3;1-2H3/i14T,19T;. The van der Waals surface area contributed by atoms with Gasteiger partial charge in [-0.15, -0.1) is 0 Å². The van der Waals surface area contributed by atoms with E-state index in [-0.39, 0.29) is 23.2 Å². The molecule has 2 heterocycles. The molecule has 2 aromatic rings. The Morgan fingerprint density at radius 3 is 2.44 bits per heavy atom. The first-order valence-electron chi connectivity index (χ1n) is 13.1. The maximum Gasteiger partial charge on any atom is 0.226 e. The number of hydrogen-bond acceptors (Lipinski definition) is 3. The number of carbonyl (C=O) groups is 1. The highest BCUT2D eigenvalue weighted by atomic mass is 16.2. The van der Waals surface area contributed by atoms with E-state index in [1.807, 2.05) is 37.3 Å². The van der Waals surface area contributed by atoms with Gasteiger partial charge in [-0.05, 0) is 29.2 Å². The molecule has 0 spiro atoms. The second-order valence-corrected chi connectivity index (χ2v) is 9.67. The van der Waals surface area contributed by atoms with E-state index in [1.54, 1.807) is 13.8 Å². The molecule has 2 aliphatic rings. The van der Waals surface area contributed by atoms with E-state index in [2.05, 4.69) is 52.6 Å². The Morgan fingerprint density at radius 2 is 1.81 bits per heavy atom. The molecule has 3 unspecified atom stereocenters. The molecular weight excluding hydrogens is 396 g/mol. The number of imidazole rings is 1. The van der Waals surface area contributed by atoms with Crippen LogP contribution in [0.3, 0.4) is 0 Å². The summed E-state index contributed by atoms with van der Waals surface area (Å²) < 4.78 is 18.9. The summed E-state index contributed by atoms with van der Waals surface area (Å²) in [6, 6.07) is 10.4. The summed E-state index contributed by atoms with van der Waals surface area (Å²) in [6.07, 6.45) is 3.29. The predicted octanol–water partition coefficient (Wildman–Crippen LogP) is 4.92. The number of benzene rings is 1. The summed E-state index contributed by atoms with van der Waals surface area (Å²) in [6.45, 7) is 16.5. The maximum atomic E-state index is 13.2. The Labute approximate surface area is 197 Å². The fourth-order valence-electron chi connectivity index (χ4n) is 4.77. The van der Waals surface area contributed by atoms with Crippen LogP contribution in [0.5, 0.6) is 0 Å². The Kier molecular flexibility index (Phi) is 7.22. The van der Waals surface area contributed by atoms with Crippen molar-refractivity contribution >= 4 is 5.91 Å². The number of amides is 1. The van der Waals surface area contributed by atoms with E-state index in [9.17, 15) is 4.79 Å². The minimum Gasteiger partial charge on any atom is -0.340 e. The van der Waals surface area contributed by atoms with E-state index in [4.69, 9.17) is 2.74 Å². The van der Waals surface area contributed by atoms with E-state index in [1.165, 1.54) is 11.3 Å². The van der Waals surface area contributed by atoms with Gasteiger partial charge >= 0.3 is 0 Å². The van der Waals surface area contributed by atoms with Gasteiger partial charge in [0.2, 0.25) is 5.91 Å². The Hall–Kier alpha value is -2.14. The zero-order chi connectivity index (χ0) is 25.1. The molecule has 1 aromatic heterocycles. The van der Waals surface area contributed by atoms with Gasteiger partial charge in [-0.1, -0.05) is 71.9 Å². The maximum absolute atomic E-state index is 13.2. The summed E-state index contributed by atoms with van der Waals surface area (Å²) >= 11 is 0. The predicted molar refractivity (Wildman–Crippen MR) is 131 cm³/mol. The van der Waals surface area contributed by atoms with Gasteiger partial charge in [-0.25, -0.2) is 4.98 Å². The van der Waals surface area contributed by atoms with Crippen LogP contribution in [-0.4, -0.2) is 51.4 Å². The minimum absolute atomic E-state index is 0.0344. The van der Waals surface area contributed by atoms with Crippen LogP contribution < -0.4 is 0 Å². The molecule has 32 heavy (non-hydrogen) atoms. The lowest BCUT2D eigenvalue weighted by Gasteiger charge is -2.35. The molecular formula is C27H42N4O. The molecule has 0 N–H and O–H groups in total. The first-order valence-corrected chi connectivity index (χ1v) is 12.1. The zero-order valence-electron chi connectivity index (χ0n) is 22.7. The third-order valence-corrected chi connectivity index (χ3v) is 6.75. The topological polar surface area (TPSA) is 41.4 Å². The van der Waals surface area contributed by atoms with E-state index < -0.39 is 12.3 Å². The van der Waals surface area contributed by atoms with Crippen LogP contribution in [-0.2, 0) is 17.9 Å². The highest BCUT2D eigenvalue weighted by Gasteiger charge is 2.62. The zero-order valence-corrected chi connectivity index (χ0v) is 20.7. The van der Waals surface area contributed by atoms with Gasteiger partial charge in [0, 0.05) is 54.1 Å². The number of hydrogen-bond donors (Lipinski definition) is 0. The molecule has 0 radical (unpaired) electrons. The second-order valence-electron chi connectivity index (χ2n) is 9.67. The smallest absolute Gasteiger partial charge is 0.226 e. The molecule has 1 aromatic carbocycles. The van der Waals surface area contributed by atoms with E-state index in [0.29, 0.717) is 0 Å². The Balaban J connectivity index is 0.00000158. The van der Waals surface area contributed by atoms with Crippen molar-refractivity contribution in [3.05, 3.63) is 54.1 Å². The third kappa shape index (κ3) is 5.61. The van der Waals surface area contributed by atoms with Gasteiger partial charge in [0.1, 0.15) is 0 Å². The molecule has 1 amide bonds. The monoisotopic (exact) mass is 442 g/mol. The Morgan fingerprint density at radius 1 is 1.16 bits per heavy atom. The molecule has 176 valence electrons. The molecule has 1 saturated heterocycles. The lowest BCUT2D eigenvalue weighted by atomic mass is 10.0. The number of aromatic nitrogens is 2. The normalized spacial score (nSPS) is 24.6. The molecule has 0 bridgehead atoms. The molecule has 5 heteroatoms. The molecule has 1 saturated carbocycles. The molecule has 5 nitrogen and oxygen atoms in total. The summed E-state index contributed by atoms with van der Waals surface area (Å²) in [4.78, 5) is 22.0. The fourth-order valence-corrected chi connectivity index (χ4v) is 4.77. The van der Waals surface area contributed by atoms with Gasteiger partial charge in [-0.2, -0.15) is 0 Å². The van der Waals surface area contributed by atoms with Crippen LogP contribution in [0, 0.1) is 23.1 Å². The average molecular weight is 443 g/mol. The first kappa shape index (κ1) is 21.7. The molecule has 3 atom stereocenters. The fraction of sp³-hybridized carbons (Fsp3) is 0.630. The highest BCUT2D eigenvalue weighted by Crippen LogP contribution is 2.61. The number of piperazine rings is 1. The first-order chi connectivity index (χ1) is 16.1. The minimum atomic E-state index is -0.849. The number of carbonyl (C=O) groups excluding carboxylic acids is 1. The summed E-state index contributed by atoms with van der Waals surface area (Å²) in [5.74, 6) is -0.838. The molecule has 4 rings (SSSR count). The van der Waals surface area contributed by atoms with Crippen molar-refractivity contribution in [2.75, 3.05) is 26.2 Å². The van der Waals surface area contributed by atoms with Crippen LogP contribution in [0.2, 0.25) is 0 Å². The highest BCUT2D eigenvalue weighted by molar-refractivity contribution is 5.83. The van der Waals surface area contributed by atoms with E-state index >= 15 is 0 Å². The van der Waals surface area contributed by atoms with Gasteiger partial charge in [0.25, 0.3) is 0 Å². The van der Waals surface area contributed by atoms with Gasteiger partial charge in [0.05, 0.1) is 12.0 Å². The summed E-state index contributed by atoms with van der Waals surface area (Å²) in [5, 5.41) is 0. The van der Waals surface area contributed by atoms with Crippen molar-refractivity contribution in [3.8, 4) is 0 Å². The second kappa shape index (κ2) is 10.7. The number of nitrogens with zero attached hydrogens (tertiary/aromatic N) is 4. The van der Waals surface area contributed by atoms with Crippen molar-refractivity contribution in [1.29, 1.82) is 0 Å². The largest absolute Gasteiger partial charge is 0.340 e. The number of rotatable bonds is 7. The van der Waals surface area contributed by atoms with Gasteiger partial charge in [-0.3, -0.25) is 9.69 Å². The van der Waals surface area contributed by atoms with Crippen molar-refractivity contribution in [1.82, 2.24) is 19.4 Å². The van der Waals surface area contributed by atoms with Crippen LogP contribution in [0.1, 0.15) is 61.9 Å². The lowest BCUT2D eigenvalue weighted by Crippen LogP contribution is -2.49.